The zero-order valence-electron chi connectivity index (χ0n) is 17.7. The molecule has 27 heavy (non-hydrogen) atoms. The summed E-state index contributed by atoms with van der Waals surface area (Å²) in [5.74, 6) is -0.0890. The first-order valence-corrected chi connectivity index (χ1v) is 11.1. The molecule has 1 amide bonds. The van der Waals surface area contributed by atoms with E-state index in [-0.39, 0.29) is 12.5 Å². The monoisotopic (exact) mass is 381 g/mol. The zero-order chi connectivity index (χ0) is 20.2. The summed E-state index contributed by atoms with van der Waals surface area (Å²) in [7, 11) is 0. The molecule has 0 saturated heterocycles. The van der Waals surface area contributed by atoms with Crippen LogP contribution in [0.15, 0.2) is 24.3 Å². The lowest BCUT2D eigenvalue weighted by Crippen LogP contribution is -2.45. The quantitative estimate of drug-likeness (QED) is 0.230. The molecule has 0 spiro atoms. The Kier molecular flexibility index (Phi) is 18.8. The number of carbonyl (C=O) groups is 1. The van der Waals surface area contributed by atoms with Crippen LogP contribution >= 0.6 is 0 Å². The lowest BCUT2D eigenvalue weighted by Gasteiger charge is -2.19. The largest absolute Gasteiger partial charge is 0.394 e. The van der Waals surface area contributed by atoms with E-state index in [2.05, 4.69) is 31.3 Å². The summed E-state index contributed by atoms with van der Waals surface area (Å²) < 4.78 is 0. The van der Waals surface area contributed by atoms with Gasteiger partial charge in [0.05, 0.1) is 18.8 Å². The summed E-state index contributed by atoms with van der Waals surface area (Å²) >= 11 is 0. The van der Waals surface area contributed by atoms with Crippen molar-refractivity contribution in [1.82, 2.24) is 5.32 Å². The number of aliphatic hydroxyl groups is 2. The molecule has 158 valence electrons. The molecule has 4 nitrogen and oxygen atoms in total. The van der Waals surface area contributed by atoms with Gasteiger partial charge in [-0.1, -0.05) is 89.5 Å². The van der Waals surface area contributed by atoms with Crippen molar-refractivity contribution < 1.29 is 15.0 Å². The van der Waals surface area contributed by atoms with Crippen molar-refractivity contribution in [2.75, 3.05) is 6.61 Å². The van der Waals surface area contributed by atoms with Crippen LogP contribution in [0.4, 0.5) is 0 Å². The smallest absolute Gasteiger partial charge is 0.220 e. The molecule has 4 heteroatoms. The highest BCUT2D eigenvalue weighted by Crippen LogP contribution is 2.08. The van der Waals surface area contributed by atoms with E-state index in [1.807, 2.05) is 6.08 Å². The molecule has 0 aliphatic rings. The predicted molar refractivity (Wildman–Crippen MR) is 115 cm³/mol. The first kappa shape index (κ1) is 25.9. The average molecular weight is 382 g/mol. The lowest BCUT2D eigenvalue weighted by molar-refractivity contribution is -0.123. The minimum Gasteiger partial charge on any atom is -0.394 e. The number of hydrogen-bond donors (Lipinski definition) is 3. The molecule has 0 aromatic rings. The van der Waals surface area contributed by atoms with Crippen LogP contribution in [-0.2, 0) is 4.79 Å². The molecule has 0 fully saturated rings. The summed E-state index contributed by atoms with van der Waals surface area (Å²) in [6, 6.07) is -0.626. The molecule has 2 unspecified atom stereocenters. The van der Waals surface area contributed by atoms with Crippen molar-refractivity contribution >= 4 is 5.91 Å². The number of amides is 1. The fourth-order valence-electron chi connectivity index (χ4n) is 2.88. The number of hydrogen-bond acceptors (Lipinski definition) is 3. The molecule has 0 rings (SSSR count). The fourth-order valence-corrected chi connectivity index (χ4v) is 2.88. The normalized spacial score (nSPS) is 14.1. The van der Waals surface area contributed by atoms with Crippen molar-refractivity contribution in [1.29, 1.82) is 0 Å². The van der Waals surface area contributed by atoms with Crippen LogP contribution < -0.4 is 5.32 Å². The van der Waals surface area contributed by atoms with Crippen LogP contribution in [0.1, 0.15) is 97.3 Å². The van der Waals surface area contributed by atoms with Crippen LogP contribution in [0.25, 0.3) is 0 Å². The van der Waals surface area contributed by atoms with Crippen LogP contribution in [0.5, 0.6) is 0 Å². The first-order valence-electron chi connectivity index (χ1n) is 11.1. The van der Waals surface area contributed by atoms with E-state index in [1.165, 1.54) is 44.9 Å². The second-order valence-corrected chi connectivity index (χ2v) is 7.34. The van der Waals surface area contributed by atoms with Crippen LogP contribution in [-0.4, -0.2) is 34.9 Å². The van der Waals surface area contributed by atoms with E-state index < -0.39 is 12.1 Å². The molecule has 0 saturated carbocycles. The number of allylic oxidation sites excluding steroid dienone is 3. The Bertz CT molecular complexity index is 393. The van der Waals surface area contributed by atoms with Crippen molar-refractivity contribution in [3.05, 3.63) is 24.3 Å². The van der Waals surface area contributed by atoms with Gasteiger partial charge in [0.2, 0.25) is 5.91 Å². The molecule has 0 radical (unpaired) electrons. The minimum atomic E-state index is -0.850. The summed E-state index contributed by atoms with van der Waals surface area (Å²) in [6.07, 6.45) is 21.1. The fraction of sp³-hybridized carbons (Fsp3) is 0.783. The Hall–Kier alpha value is -1.13. The van der Waals surface area contributed by atoms with Gasteiger partial charge in [-0.25, -0.2) is 0 Å². The van der Waals surface area contributed by atoms with Gasteiger partial charge in [0.1, 0.15) is 0 Å². The Morgan fingerprint density at radius 2 is 1.44 bits per heavy atom. The Morgan fingerprint density at radius 1 is 0.852 bits per heavy atom. The SMILES string of the molecule is CCCC/C=C/CC/C=C/C(O)C(CO)NC(=O)CCCCCCCCC. The number of aliphatic hydroxyl groups excluding tert-OH is 2. The van der Waals surface area contributed by atoms with Gasteiger partial charge in [-0.15, -0.1) is 0 Å². The van der Waals surface area contributed by atoms with E-state index in [0.717, 1.165) is 32.1 Å². The minimum absolute atomic E-state index is 0.0890. The molecule has 0 bridgehead atoms. The topological polar surface area (TPSA) is 69.6 Å². The number of rotatable bonds is 18. The number of carbonyl (C=O) groups excluding carboxylic acids is 1. The second kappa shape index (κ2) is 19.6. The first-order chi connectivity index (χ1) is 13.2. The third kappa shape index (κ3) is 16.7. The predicted octanol–water partition coefficient (Wildman–Crippen LogP) is 5.05. The molecule has 3 N–H and O–H groups in total. The standard InChI is InChI=1S/C23H43NO3/c1-3-5-7-9-11-13-14-16-18-22(26)21(20-25)24-23(27)19-17-15-12-10-8-6-4-2/h9,11,16,18,21-22,25-26H,3-8,10,12-15,17,19-20H2,1-2H3,(H,24,27)/b11-9+,18-16+. The lowest BCUT2D eigenvalue weighted by atomic mass is 10.1. The van der Waals surface area contributed by atoms with Gasteiger partial charge in [0.25, 0.3) is 0 Å². The van der Waals surface area contributed by atoms with Crippen molar-refractivity contribution in [3.63, 3.8) is 0 Å². The average Bonchev–Trinajstić information content (AvgIpc) is 2.67. The van der Waals surface area contributed by atoms with E-state index in [9.17, 15) is 15.0 Å². The number of unbranched alkanes of at least 4 members (excludes halogenated alkanes) is 9. The summed E-state index contributed by atoms with van der Waals surface area (Å²) in [6.45, 7) is 4.13. The number of nitrogens with one attached hydrogen (secondary N) is 1. The van der Waals surface area contributed by atoms with Crippen LogP contribution in [0.2, 0.25) is 0 Å². The van der Waals surface area contributed by atoms with Crippen molar-refractivity contribution in [2.24, 2.45) is 0 Å². The van der Waals surface area contributed by atoms with E-state index in [0.29, 0.717) is 6.42 Å². The molecule has 0 aromatic carbocycles. The van der Waals surface area contributed by atoms with Gasteiger partial charge in [-0.05, 0) is 25.7 Å². The molecule has 0 aliphatic heterocycles. The van der Waals surface area contributed by atoms with E-state index >= 15 is 0 Å². The maximum atomic E-state index is 12.0. The van der Waals surface area contributed by atoms with E-state index in [4.69, 9.17) is 0 Å². The van der Waals surface area contributed by atoms with Crippen LogP contribution in [0.3, 0.4) is 0 Å². The second-order valence-electron chi connectivity index (χ2n) is 7.34. The van der Waals surface area contributed by atoms with Gasteiger partial charge in [0, 0.05) is 6.42 Å². The van der Waals surface area contributed by atoms with Gasteiger partial charge in [-0.2, -0.15) is 0 Å². The molecule has 0 aromatic heterocycles. The summed E-state index contributed by atoms with van der Waals surface area (Å²) in [5.41, 5.74) is 0. The Balaban J connectivity index is 3.90. The molecule has 0 aliphatic carbocycles. The Morgan fingerprint density at radius 3 is 2.11 bits per heavy atom. The summed E-state index contributed by atoms with van der Waals surface area (Å²) in [5, 5.41) is 22.3. The highest BCUT2D eigenvalue weighted by molar-refractivity contribution is 5.76. The van der Waals surface area contributed by atoms with Gasteiger partial charge in [0.15, 0.2) is 0 Å². The van der Waals surface area contributed by atoms with Gasteiger partial charge >= 0.3 is 0 Å². The van der Waals surface area contributed by atoms with Crippen molar-refractivity contribution in [2.45, 2.75) is 109 Å². The maximum Gasteiger partial charge on any atom is 0.220 e. The van der Waals surface area contributed by atoms with Gasteiger partial charge in [-0.3, -0.25) is 4.79 Å². The van der Waals surface area contributed by atoms with Gasteiger partial charge < -0.3 is 15.5 Å². The van der Waals surface area contributed by atoms with E-state index in [1.54, 1.807) is 6.08 Å². The highest BCUT2D eigenvalue weighted by atomic mass is 16.3. The highest BCUT2D eigenvalue weighted by Gasteiger charge is 2.17. The molecule has 2 atom stereocenters. The van der Waals surface area contributed by atoms with Crippen LogP contribution in [0, 0.1) is 0 Å². The van der Waals surface area contributed by atoms with Crippen molar-refractivity contribution in [3.8, 4) is 0 Å². The Labute approximate surface area is 167 Å². The maximum absolute atomic E-state index is 12.0. The third-order valence-corrected chi connectivity index (χ3v) is 4.69. The molecular weight excluding hydrogens is 338 g/mol. The zero-order valence-corrected chi connectivity index (χ0v) is 17.7. The molecular formula is C23H43NO3. The summed E-state index contributed by atoms with van der Waals surface area (Å²) in [4.78, 5) is 12.0. The molecule has 0 heterocycles. The third-order valence-electron chi connectivity index (χ3n) is 4.69.